The van der Waals surface area contributed by atoms with Gasteiger partial charge in [-0.15, -0.1) is 4.91 Å². The number of aliphatic hydroxyl groups is 1. The normalized spacial score (nSPS) is 20.6. The zero-order valence-electron chi connectivity index (χ0n) is 6.53. The van der Waals surface area contributed by atoms with Gasteiger partial charge in [-0.2, -0.15) is 0 Å². The topological polar surface area (TPSA) is 49.7 Å². The van der Waals surface area contributed by atoms with E-state index in [0.717, 1.165) is 11.1 Å². The highest BCUT2D eigenvalue weighted by Gasteiger charge is 2.21. The van der Waals surface area contributed by atoms with E-state index in [0.29, 0.717) is 18.5 Å². The van der Waals surface area contributed by atoms with Gasteiger partial charge >= 0.3 is 0 Å². The molecule has 0 aromatic heterocycles. The molecule has 1 atom stereocenters. The van der Waals surface area contributed by atoms with Crippen molar-refractivity contribution in [1.29, 1.82) is 0 Å². The molecule has 0 aliphatic heterocycles. The minimum atomic E-state index is -0.331. The second-order valence-corrected chi connectivity index (χ2v) is 3.07. The molecule has 0 saturated heterocycles. The Morgan fingerprint density at radius 3 is 3.00 bits per heavy atom. The van der Waals surface area contributed by atoms with Crippen molar-refractivity contribution < 1.29 is 5.11 Å². The maximum absolute atomic E-state index is 10.3. The van der Waals surface area contributed by atoms with Gasteiger partial charge < -0.3 is 5.11 Å². The van der Waals surface area contributed by atoms with Crippen molar-refractivity contribution >= 4 is 5.69 Å². The standard InChI is InChI=1S/C9H9NO2/c11-7-4-6-2-1-3-9(10-12)8(6)5-7/h1-3,7,11H,4-5H2. The second-order valence-electron chi connectivity index (χ2n) is 3.07. The van der Waals surface area contributed by atoms with Gasteiger partial charge in [0.05, 0.1) is 6.10 Å². The highest BCUT2D eigenvalue weighted by Crippen LogP contribution is 2.30. The zero-order chi connectivity index (χ0) is 8.55. The molecule has 0 saturated carbocycles. The first-order valence-corrected chi connectivity index (χ1v) is 3.93. The smallest absolute Gasteiger partial charge is 0.111 e. The van der Waals surface area contributed by atoms with Crippen LogP contribution in [0.4, 0.5) is 5.69 Å². The van der Waals surface area contributed by atoms with Crippen LogP contribution >= 0.6 is 0 Å². The lowest BCUT2D eigenvalue weighted by atomic mass is 10.1. The van der Waals surface area contributed by atoms with E-state index in [-0.39, 0.29) is 6.10 Å². The van der Waals surface area contributed by atoms with Crippen molar-refractivity contribution in [3.63, 3.8) is 0 Å². The van der Waals surface area contributed by atoms with E-state index in [2.05, 4.69) is 5.18 Å². The lowest BCUT2D eigenvalue weighted by Gasteiger charge is -1.98. The molecule has 3 nitrogen and oxygen atoms in total. The minimum Gasteiger partial charge on any atom is -0.392 e. The highest BCUT2D eigenvalue weighted by molar-refractivity contribution is 5.52. The molecule has 0 radical (unpaired) electrons. The first-order valence-electron chi connectivity index (χ1n) is 3.93. The average molecular weight is 163 g/mol. The van der Waals surface area contributed by atoms with E-state index in [9.17, 15) is 10.0 Å². The summed E-state index contributed by atoms with van der Waals surface area (Å²) in [5.41, 5.74) is 2.45. The van der Waals surface area contributed by atoms with Crippen molar-refractivity contribution in [2.75, 3.05) is 0 Å². The van der Waals surface area contributed by atoms with Crippen molar-refractivity contribution in [3.8, 4) is 0 Å². The molecule has 1 N–H and O–H groups in total. The minimum absolute atomic E-state index is 0.331. The Balaban J connectivity index is 2.51. The quantitative estimate of drug-likeness (QED) is 0.638. The summed E-state index contributed by atoms with van der Waals surface area (Å²) in [4.78, 5) is 10.3. The Morgan fingerprint density at radius 1 is 1.42 bits per heavy atom. The molecule has 2 rings (SSSR count). The number of hydrogen-bond donors (Lipinski definition) is 1. The van der Waals surface area contributed by atoms with Crippen molar-refractivity contribution in [1.82, 2.24) is 0 Å². The van der Waals surface area contributed by atoms with E-state index in [4.69, 9.17) is 0 Å². The van der Waals surface area contributed by atoms with Gasteiger partial charge in [-0.1, -0.05) is 12.1 Å². The molecule has 0 spiro atoms. The van der Waals surface area contributed by atoms with Crippen LogP contribution in [0.3, 0.4) is 0 Å². The van der Waals surface area contributed by atoms with E-state index >= 15 is 0 Å². The Morgan fingerprint density at radius 2 is 2.25 bits per heavy atom. The van der Waals surface area contributed by atoms with E-state index < -0.39 is 0 Å². The van der Waals surface area contributed by atoms with Gasteiger partial charge in [-0.05, 0) is 28.8 Å². The molecule has 1 unspecified atom stereocenters. The molecule has 1 aliphatic carbocycles. The third kappa shape index (κ3) is 1.02. The third-order valence-electron chi connectivity index (χ3n) is 2.24. The van der Waals surface area contributed by atoms with Gasteiger partial charge in [0.15, 0.2) is 0 Å². The Labute approximate surface area is 70.0 Å². The van der Waals surface area contributed by atoms with Gasteiger partial charge in [0.25, 0.3) is 0 Å². The summed E-state index contributed by atoms with van der Waals surface area (Å²) >= 11 is 0. The van der Waals surface area contributed by atoms with Crippen LogP contribution < -0.4 is 0 Å². The number of nitroso groups, excluding NO2 is 1. The first kappa shape index (κ1) is 7.43. The zero-order valence-corrected chi connectivity index (χ0v) is 6.53. The summed E-state index contributed by atoms with van der Waals surface area (Å²) in [6, 6.07) is 5.41. The number of aliphatic hydroxyl groups excluding tert-OH is 1. The maximum atomic E-state index is 10.3. The lowest BCUT2D eigenvalue weighted by Crippen LogP contribution is -2.03. The molecule has 1 aromatic carbocycles. The van der Waals surface area contributed by atoms with Gasteiger partial charge in [0.2, 0.25) is 0 Å². The molecular formula is C9H9NO2. The van der Waals surface area contributed by atoms with Gasteiger partial charge in [-0.3, -0.25) is 0 Å². The summed E-state index contributed by atoms with van der Waals surface area (Å²) in [6.07, 6.45) is 0.888. The van der Waals surface area contributed by atoms with Crippen LogP contribution in [0.15, 0.2) is 23.4 Å². The molecule has 0 bridgehead atoms. The molecule has 12 heavy (non-hydrogen) atoms. The Hall–Kier alpha value is -1.22. The Kier molecular flexibility index (Phi) is 1.66. The number of nitrogens with zero attached hydrogens (tertiary/aromatic N) is 1. The number of hydrogen-bond acceptors (Lipinski definition) is 3. The molecule has 3 heteroatoms. The monoisotopic (exact) mass is 163 g/mol. The average Bonchev–Trinajstić information content (AvgIpc) is 2.44. The van der Waals surface area contributed by atoms with Crippen LogP contribution in [0.1, 0.15) is 11.1 Å². The van der Waals surface area contributed by atoms with Crippen LogP contribution in [0.2, 0.25) is 0 Å². The fourth-order valence-electron chi connectivity index (χ4n) is 1.70. The van der Waals surface area contributed by atoms with Crippen LogP contribution in [0.25, 0.3) is 0 Å². The molecule has 0 fully saturated rings. The summed E-state index contributed by atoms with van der Waals surface area (Å²) in [7, 11) is 0. The molecule has 0 amide bonds. The fourth-order valence-corrected chi connectivity index (χ4v) is 1.70. The molecule has 62 valence electrons. The van der Waals surface area contributed by atoms with Gasteiger partial charge in [-0.25, -0.2) is 0 Å². The summed E-state index contributed by atoms with van der Waals surface area (Å²) in [5.74, 6) is 0. The lowest BCUT2D eigenvalue weighted by molar-refractivity contribution is 0.187. The predicted octanol–water partition coefficient (Wildman–Crippen LogP) is 1.54. The van der Waals surface area contributed by atoms with Crippen molar-refractivity contribution in [2.24, 2.45) is 5.18 Å². The van der Waals surface area contributed by atoms with Gasteiger partial charge in [0.1, 0.15) is 5.69 Å². The summed E-state index contributed by atoms with van der Waals surface area (Å²) in [6.45, 7) is 0. The fraction of sp³-hybridized carbons (Fsp3) is 0.333. The van der Waals surface area contributed by atoms with Crippen LogP contribution in [-0.4, -0.2) is 11.2 Å². The van der Waals surface area contributed by atoms with Gasteiger partial charge in [0, 0.05) is 6.42 Å². The van der Waals surface area contributed by atoms with E-state index in [1.807, 2.05) is 6.07 Å². The van der Waals surface area contributed by atoms with Crippen LogP contribution in [0.5, 0.6) is 0 Å². The third-order valence-corrected chi connectivity index (χ3v) is 2.24. The number of rotatable bonds is 1. The maximum Gasteiger partial charge on any atom is 0.111 e. The highest BCUT2D eigenvalue weighted by atomic mass is 16.3. The van der Waals surface area contributed by atoms with Crippen molar-refractivity contribution in [2.45, 2.75) is 18.9 Å². The first-order chi connectivity index (χ1) is 5.81. The van der Waals surface area contributed by atoms with Crippen LogP contribution in [-0.2, 0) is 12.8 Å². The largest absolute Gasteiger partial charge is 0.392 e. The Bertz CT molecular complexity index is 322. The summed E-state index contributed by atoms with van der Waals surface area (Å²) in [5, 5.41) is 12.2. The van der Waals surface area contributed by atoms with Crippen LogP contribution in [0, 0.1) is 4.91 Å². The molecule has 1 aromatic rings. The van der Waals surface area contributed by atoms with E-state index in [1.54, 1.807) is 12.1 Å². The molecule has 1 aliphatic rings. The SMILES string of the molecule is O=Nc1cccc2c1CC(O)C2. The number of benzene rings is 1. The predicted molar refractivity (Wildman–Crippen MR) is 45.3 cm³/mol. The molecule has 0 heterocycles. The number of fused-ring (bicyclic) bond motifs is 1. The van der Waals surface area contributed by atoms with E-state index in [1.165, 1.54) is 0 Å². The molecular weight excluding hydrogens is 154 g/mol. The second kappa shape index (κ2) is 2.68. The summed E-state index contributed by atoms with van der Waals surface area (Å²) < 4.78 is 0. The van der Waals surface area contributed by atoms with Crippen molar-refractivity contribution in [3.05, 3.63) is 34.2 Å².